The lowest BCUT2D eigenvalue weighted by Gasteiger charge is -1.88. The van der Waals surface area contributed by atoms with E-state index < -0.39 is 13.4 Å². The van der Waals surface area contributed by atoms with Crippen LogP contribution >= 0.6 is 13.4 Å². The molecule has 0 aliphatic rings. The number of hydrogen-bond donors (Lipinski definition) is 7. The Morgan fingerprint density at radius 2 is 0.789 bits per heavy atom. The molecule has 0 bridgehead atoms. The predicted molar refractivity (Wildman–Crippen MR) is 88.8 cm³/mol. The highest BCUT2D eigenvalue weighted by Gasteiger charge is 1.92. The summed E-state index contributed by atoms with van der Waals surface area (Å²) in [5.74, 6) is 0. The normalized spacial score (nSPS) is 9.05. The van der Waals surface area contributed by atoms with E-state index in [0.717, 1.165) is 0 Å². The molecule has 0 unspecified atom stereocenters. The summed E-state index contributed by atoms with van der Waals surface area (Å²) in [5, 5.41) is 2.75. The molecule has 0 aromatic heterocycles. The first kappa shape index (κ1) is 32.1. The Hall–Kier alpha value is 1.02. The van der Waals surface area contributed by atoms with Crippen LogP contribution in [0.2, 0.25) is 0 Å². The van der Waals surface area contributed by atoms with E-state index in [1.807, 2.05) is 27.9 Å². The van der Waals surface area contributed by atoms with Crippen molar-refractivity contribution >= 4 is 37.1 Å². The van der Waals surface area contributed by atoms with E-state index in [-0.39, 0.29) is 0 Å². The third-order valence-electron chi connectivity index (χ3n) is 0.500. The molecule has 11 heteroatoms. The maximum Gasteiger partial charge on any atom is 0.319 e. The molecule has 0 spiro atoms. The van der Waals surface area contributed by atoms with E-state index in [1.165, 1.54) is 12.8 Å². The molecule has 19 heavy (non-hydrogen) atoms. The summed E-state index contributed by atoms with van der Waals surface area (Å²) in [7, 11) is 3.75. The predicted octanol–water partition coefficient (Wildman–Crippen LogP) is 1.04. The SMILES string of the molecule is CC.CCCC.CNC.OP(O)(O)=S.OP(O)(O)=S. The number of unbranched alkanes of at least 4 members (excludes halogenated alkanes) is 1. The number of hydrogen-bond acceptors (Lipinski definition) is 3. The van der Waals surface area contributed by atoms with Gasteiger partial charge in [-0.05, 0) is 37.7 Å². The molecule has 0 amide bonds. The summed E-state index contributed by atoms with van der Waals surface area (Å²) in [5.41, 5.74) is 0. The molecule has 124 valence electrons. The molecule has 0 aromatic rings. The lowest BCUT2D eigenvalue weighted by molar-refractivity contribution is 0.361. The molecular weight excluding hydrogens is 332 g/mol. The molecule has 0 saturated carbocycles. The van der Waals surface area contributed by atoms with Crippen LogP contribution in [0.3, 0.4) is 0 Å². The molecular formula is C8H29NO6P2S2. The van der Waals surface area contributed by atoms with Gasteiger partial charge in [-0.15, -0.1) is 0 Å². The second kappa shape index (κ2) is 24.1. The van der Waals surface area contributed by atoms with Crippen LogP contribution in [-0.4, -0.2) is 43.5 Å². The van der Waals surface area contributed by atoms with Crippen LogP contribution in [0.1, 0.15) is 40.5 Å². The fraction of sp³-hybridized carbons (Fsp3) is 1.00. The van der Waals surface area contributed by atoms with Gasteiger partial charge >= 0.3 is 13.4 Å². The highest BCUT2D eigenvalue weighted by molar-refractivity contribution is 8.06. The minimum Gasteiger partial charge on any atom is -0.325 e. The second-order valence-corrected chi connectivity index (χ2v) is 7.52. The van der Waals surface area contributed by atoms with Gasteiger partial charge in [0.2, 0.25) is 0 Å². The first-order valence-corrected chi connectivity index (χ1v) is 10.8. The highest BCUT2D eigenvalue weighted by Crippen LogP contribution is 2.26. The summed E-state index contributed by atoms with van der Waals surface area (Å²) in [4.78, 5) is 45.3. The molecule has 0 aliphatic heterocycles. The van der Waals surface area contributed by atoms with Crippen molar-refractivity contribution in [3.05, 3.63) is 0 Å². The van der Waals surface area contributed by atoms with Crippen molar-refractivity contribution in [3.8, 4) is 0 Å². The third-order valence-corrected chi connectivity index (χ3v) is 0.500. The zero-order valence-electron chi connectivity index (χ0n) is 12.3. The van der Waals surface area contributed by atoms with Gasteiger partial charge in [0.15, 0.2) is 0 Å². The Bertz CT molecular complexity index is 183. The summed E-state index contributed by atoms with van der Waals surface area (Å²) in [6, 6.07) is 0. The van der Waals surface area contributed by atoms with E-state index >= 15 is 0 Å². The molecule has 0 radical (unpaired) electrons. The zero-order valence-corrected chi connectivity index (χ0v) is 15.7. The molecule has 0 atom stereocenters. The average molecular weight is 361 g/mol. The van der Waals surface area contributed by atoms with Crippen LogP contribution in [0.15, 0.2) is 0 Å². The molecule has 7 N–H and O–H groups in total. The van der Waals surface area contributed by atoms with Crippen molar-refractivity contribution in [1.29, 1.82) is 0 Å². The maximum absolute atomic E-state index is 7.56. The van der Waals surface area contributed by atoms with Crippen molar-refractivity contribution < 1.29 is 29.4 Å². The fourth-order valence-electron chi connectivity index (χ4n) is 0. The lowest BCUT2D eigenvalue weighted by Crippen LogP contribution is -1.89. The van der Waals surface area contributed by atoms with Crippen molar-refractivity contribution in [3.63, 3.8) is 0 Å². The van der Waals surface area contributed by atoms with Crippen molar-refractivity contribution in [2.45, 2.75) is 40.5 Å². The molecule has 0 saturated heterocycles. The van der Waals surface area contributed by atoms with Gasteiger partial charge in [0.25, 0.3) is 0 Å². The molecule has 0 aromatic carbocycles. The average Bonchev–Trinajstić information content (AvgIpc) is 2.16. The van der Waals surface area contributed by atoms with Gasteiger partial charge in [-0.2, -0.15) is 0 Å². The van der Waals surface area contributed by atoms with Gasteiger partial charge in [0.05, 0.1) is 0 Å². The zero-order chi connectivity index (χ0) is 17.1. The Balaban J connectivity index is -0.0000000446. The van der Waals surface area contributed by atoms with Crippen LogP contribution < -0.4 is 5.32 Å². The Morgan fingerprint density at radius 3 is 0.789 bits per heavy atom. The van der Waals surface area contributed by atoms with E-state index in [0.29, 0.717) is 0 Å². The van der Waals surface area contributed by atoms with Crippen LogP contribution in [0, 0.1) is 0 Å². The molecule has 0 fully saturated rings. The summed E-state index contributed by atoms with van der Waals surface area (Å²) in [6.07, 6.45) is 2.64. The molecule has 7 nitrogen and oxygen atoms in total. The molecule has 0 heterocycles. The van der Waals surface area contributed by atoms with E-state index in [1.54, 1.807) is 0 Å². The van der Waals surface area contributed by atoms with Crippen LogP contribution in [0.5, 0.6) is 0 Å². The lowest BCUT2D eigenvalue weighted by atomic mass is 10.4. The smallest absolute Gasteiger partial charge is 0.319 e. The minimum atomic E-state index is -3.81. The van der Waals surface area contributed by atoms with Gasteiger partial charge in [-0.3, -0.25) is 0 Å². The van der Waals surface area contributed by atoms with Gasteiger partial charge in [0.1, 0.15) is 0 Å². The first-order chi connectivity index (χ1) is 8.33. The number of rotatable bonds is 1. The Labute approximate surface area is 126 Å². The molecule has 0 rings (SSSR count). The molecule has 0 aliphatic carbocycles. The van der Waals surface area contributed by atoms with Gasteiger partial charge in [-0.25, -0.2) is 0 Å². The van der Waals surface area contributed by atoms with Crippen molar-refractivity contribution in [2.75, 3.05) is 14.1 Å². The van der Waals surface area contributed by atoms with Crippen molar-refractivity contribution in [2.24, 2.45) is 0 Å². The van der Waals surface area contributed by atoms with Crippen LogP contribution in [0.25, 0.3) is 0 Å². The largest absolute Gasteiger partial charge is 0.325 e. The van der Waals surface area contributed by atoms with Gasteiger partial charge < -0.3 is 34.7 Å². The third kappa shape index (κ3) is 1350. The maximum atomic E-state index is 7.56. The standard InChI is InChI=1S/C4H10.C2H7N.C2H6.2H3O3PS/c1-3-4-2;1-3-2;1-2;2*1-4(2,3)5/h3-4H2,1-2H3;3H,1-2H3;1-2H3;2*(H3,1,2,3,5). The van der Waals surface area contributed by atoms with Crippen molar-refractivity contribution in [1.82, 2.24) is 5.32 Å². The minimum absolute atomic E-state index is 1.32. The summed E-state index contributed by atoms with van der Waals surface area (Å²) >= 11 is 7.21. The van der Waals surface area contributed by atoms with Gasteiger partial charge in [-0.1, -0.05) is 40.5 Å². The summed E-state index contributed by atoms with van der Waals surface area (Å²) in [6.45, 7) is 0.750. The quantitative estimate of drug-likeness (QED) is 0.342. The Morgan fingerprint density at radius 1 is 0.737 bits per heavy atom. The summed E-state index contributed by atoms with van der Waals surface area (Å²) < 4.78 is 0. The monoisotopic (exact) mass is 361 g/mol. The second-order valence-electron chi connectivity index (χ2n) is 2.53. The van der Waals surface area contributed by atoms with Crippen LogP contribution in [-0.2, 0) is 23.6 Å². The number of nitrogens with one attached hydrogen (secondary N) is 1. The Kier molecular flexibility index (Phi) is 40.7. The highest BCUT2D eigenvalue weighted by atomic mass is 32.5. The fourth-order valence-corrected chi connectivity index (χ4v) is 0. The van der Waals surface area contributed by atoms with E-state index in [9.17, 15) is 0 Å². The van der Waals surface area contributed by atoms with Crippen LogP contribution in [0.4, 0.5) is 0 Å². The van der Waals surface area contributed by atoms with E-state index in [2.05, 4.69) is 42.8 Å². The first-order valence-electron chi connectivity index (χ1n) is 5.48. The van der Waals surface area contributed by atoms with E-state index in [4.69, 9.17) is 29.4 Å². The topological polar surface area (TPSA) is 133 Å². The van der Waals surface area contributed by atoms with Gasteiger partial charge in [0, 0.05) is 0 Å².